The van der Waals surface area contributed by atoms with Gasteiger partial charge in [-0.15, -0.1) is 0 Å². The molecule has 0 aromatic heterocycles. The molecule has 6 heteroatoms. The lowest BCUT2D eigenvalue weighted by Crippen LogP contribution is -2.38. The van der Waals surface area contributed by atoms with Gasteiger partial charge >= 0.3 is 0 Å². The topological polar surface area (TPSA) is 66.5 Å². The average molecular weight is 372 g/mol. The van der Waals surface area contributed by atoms with Crippen LogP contribution < -0.4 is 4.72 Å². The number of anilines is 1. The molecular weight excluding hydrogens is 348 g/mol. The quantitative estimate of drug-likeness (QED) is 0.895. The van der Waals surface area contributed by atoms with Crippen LogP contribution in [0, 0.1) is 6.92 Å². The number of likely N-dealkylation sites (tertiary alicyclic amines) is 1. The molecule has 0 aliphatic carbocycles. The number of nitrogens with one attached hydrogen (secondary N) is 1. The van der Waals surface area contributed by atoms with Crippen molar-refractivity contribution in [2.24, 2.45) is 0 Å². The van der Waals surface area contributed by atoms with E-state index in [1.165, 1.54) is 5.56 Å². The molecule has 2 aromatic carbocycles. The number of rotatable bonds is 4. The highest BCUT2D eigenvalue weighted by molar-refractivity contribution is 7.92. The summed E-state index contributed by atoms with van der Waals surface area (Å²) in [5, 5.41) is 0. The van der Waals surface area contributed by atoms with Crippen LogP contribution in [0.15, 0.2) is 48.5 Å². The molecule has 3 rings (SSSR count). The minimum absolute atomic E-state index is 0.0481. The van der Waals surface area contributed by atoms with E-state index in [2.05, 4.69) is 29.0 Å². The van der Waals surface area contributed by atoms with E-state index in [4.69, 9.17) is 0 Å². The predicted molar refractivity (Wildman–Crippen MR) is 104 cm³/mol. The van der Waals surface area contributed by atoms with Crippen LogP contribution in [0.3, 0.4) is 0 Å². The Kier molecular flexibility index (Phi) is 5.32. The Morgan fingerprint density at radius 3 is 2.35 bits per heavy atom. The zero-order chi connectivity index (χ0) is 18.7. The highest BCUT2D eigenvalue weighted by atomic mass is 32.2. The Bertz CT molecular complexity index is 887. The molecule has 1 N–H and O–H groups in total. The molecule has 1 fully saturated rings. The molecular formula is C20H24N2O3S. The third-order valence-electron chi connectivity index (χ3n) is 4.83. The van der Waals surface area contributed by atoms with Gasteiger partial charge in [-0.05, 0) is 48.9 Å². The summed E-state index contributed by atoms with van der Waals surface area (Å²) in [6.45, 7) is 3.23. The third-order valence-corrected chi connectivity index (χ3v) is 5.42. The van der Waals surface area contributed by atoms with Gasteiger partial charge in [-0.1, -0.05) is 36.4 Å². The Hall–Kier alpha value is -2.34. The molecule has 0 saturated carbocycles. The molecule has 0 radical (unpaired) electrons. The maximum Gasteiger partial charge on any atom is 0.253 e. The standard InChI is InChI=1S/C20H24N2O3S/c1-15-8-9-18(14-19(15)21-26(2,24)25)20(23)22-12-10-17(11-13-22)16-6-4-3-5-7-16/h3-9,14,17,21H,10-13H2,1-2H3. The van der Waals surface area contributed by atoms with E-state index >= 15 is 0 Å². The van der Waals surface area contributed by atoms with Crippen molar-refractivity contribution in [1.82, 2.24) is 4.90 Å². The number of hydrogen-bond donors (Lipinski definition) is 1. The Labute approximate surface area is 155 Å². The molecule has 1 aliphatic rings. The molecule has 2 aromatic rings. The number of hydrogen-bond acceptors (Lipinski definition) is 3. The van der Waals surface area contributed by atoms with Gasteiger partial charge < -0.3 is 4.90 Å². The summed E-state index contributed by atoms with van der Waals surface area (Å²) < 4.78 is 25.5. The Morgan fingerprint density at radius 2 is 1.73 bits per heavy atom. The van der Waals surface area contributed by atoms with Gasteiger partial charge in [0.15, 0.2) is 0 Å². The molecule has 26 heavy (non-hydrogen) atoms. The van der Waals surface area contributed by atoms with Gasteiger partial charge in [0, 0.05) is 18.7 Å². The van der Waals surface area contributed by atoms with Gasteiger partial charge in [0.25, 0.3) is 5.91 Å². The third kappa shape index (κ3) is 4.43. The van der Waals surface area contributed by atoms with Crippen molar-refractivity contribution >= 4 is 21.6 Å². The van der Waals surface area contributed by atoms with E-state index in [1.54, 1.807) is 18.2 Å². The second-order valence-corrected chi connectivity index (χ2v) is 8.63. The lowest BCUT2D eigenvalue weighted by Gasteiger charge is -2.32. The van der Waals surface area contributed by atoms with Crippen LogP contribution in [0.25, 0.3) is 0 Å². The molecule has 0 unspecified atom stereocenters. The number of carbonyl (C=O) groups is 1. The largest absolute Gasteiger partial charge is 0.339 e. The Balaban J connectivity index is 1.70. The van der Waals surface area contributed by atoms with Gasteiger partial charge in [-0.2, -0.15) is 0 Å². The van der Waals surface area contributed by atoms with Crippen molar-refractivity contribution in [2.75, 3.05) is 24.1 Å². The van der Waals surface area contributed by atoms with E-state index in [0.29, 0.717) is 30.3 Å². The monoisotopic (exact) mass is 372 g/mol. The van der Waals surface area contributed by atoms with Gasteiger partial charge in [-0.3, -0.25) is 9.52 Å². The van der Waals surface area contributed by atoms with E-state index in [-0.39, 0.29) is 5.91 Å². The fourth-order valence-corrected chi connectivity index (χ4v) is 4.01. The van der Waals surface area contributed by atoms with E-state index < -0.39 is 10.0 Å². The van der Waals surface area contributed by atoms with E-state index in [0.717, 1.165) is 24.7 Å². The molecule has 1 aliphatic heterocycles. The first kappa shape index (κ1) is 18.5. The molecule has 138 valence electrons. The molecule has 0 atom stereocenters. The second-order valence-electron chi connectivity index (χ2n) is 6.88. The smallest absolute Gasteiger partial charge is 0.253 e. The van der Waals surface area contributed by atoms with Crippen molar-refractivity contribution in [2.45, 2.75) is 25.7 Å². The maximum absolute atomic E-state index is 12.8. The molecule has 0 bridgehead atoms. The van der Waals surface area contributed by atoms with E-state index in [1.807, 2.05) is 17.9 Å². The fraction of sp³-hybridized carbons (Fsp3) is 0.350. The summed E-state index contributed by atoms with van der Waals surface area (Å²) in [4.78, 5) is 14.7. The number of benzene rings is 2. The van der Waals surface area contributed by atoms with Crippen molar-refractivity contribution in [3.63, 3.8) is 0 Å². The minimum atomic E-state index is -3.38. The Morgan fingerprint density at radius 1 is 1.08 bits per heavy atom. The minimum Gasteiger partial charge on any atom is -0.339 e. The number of sulfonamides is 1. The zero-order valence-corrected chi connectivity index (χ0v) is 15.9. The van der Waals surface area contributed by atoms with Crippen LogP contribution >= 0.6 is 0 Å². The number of nitrogens with zero attached hydrogens (tertiary/aromatic N) is 1. The molecule has 1 amide bonds. The molecule has 1 saturated heterocycles. The highest BCUT2D eigenvalue weighted by Gasteiger charge is 2.25. The van der Waals surface area contributed by atoms with Crippen molar-refractivity contribution in [1.29, 1.82) is 0 Å². The van der Waals surface area contributed by atoms with Crippen LogP contribution in [-0.2, 0) is 10.0 Å². The summed E-state index contributed by atoms with van der Waals surface area (Å²) in [5.41, 5.74) is 3.08. The van der Waals surface area contributed by atoms with Crippen LogP contribution in [0.2, 0.25) is 0 Å². The first-order valence-corrected chi connectivity index (χ1v) is 10.7. The van der Waals surface area contributed by atoms with Crippen LogP contribution in [-0.4, -0.2) is 38.6 Å². The molecule has 0 spiro atoms. The normalized spacial score (nSPS) is 15.7. The van der Waals surface area contributed by atoms with Crippen molar-refractivity contribution < 1.29 is 13.2 Å². The zero-order valence-electron chi connectivity index (χ0n) is 15.1. The maximum atomic E-state index is 12.8. The van der Waals surface area contributed by atoms with Crippen LogP contribution in [0.4, 0.5) is 5.69 Å². The highest BCUT2D eigenvalue weighted by Crippen LogP contribution is 2.29. The first-order valence-electron chi connectivity index (χ1n) is 8.76. The average Bonchev–Trinajstić information content (AvgIpc) is 2.63. The second kappa shape index (κ2) is 7.50. The van der Waals surface area contributed by atoms with Crippen molar-refractivity contribution in [3.8, 4) is 0 Å². The number of amides is 1. The summed E-state index contributed by atoms with van der Waals surface area (Å²) in [5.74, 6) is 0.439. The van der Waals surface area contributed by atoms with E-state index in [9.17, 15) is 13.2 Å². The van der Waals surface area contributed by atoms with Crippen LogP contribution in [0.5, 0.6) is 0 Å². The van der Waals surface area contributed by atoms with Gasteiger partial charge in [0.05, 0.1) is 11.9 Å². The number of piperidine rings is 1. The van der Waals surface area contributed by atoms with Crippen LogP contribution in [0.1, 0.15) is 40.2 Å². The predicted octanol–water partition coefficient (Wildman–Crippen LogP) is 3.39. The summed E-state index contributed by atoms with van der Waals surface area (Å²) in [6, 6.07) is 15.6. The SMILES string of the molecule is Cc1ccc(C(=O)N2CCC(c3ccccc3)CC2)cc1NS(C)(=O)=O. The molecule has 1 heterocycles. The summed E-state index contributed by atoms with van der Waals surface area (Å²) in [7, 11) is -3.38. The summed E-state index contributed by atoms with van der Waals surface area (Å²) >= 11 is 0. The summed E-state index contributed by atoms with van der Waals surface area (Å²) in [6.07, 6.45) is 2.99. The van der Waals surface area contributed by atoms with Crippen molar-refractivity contribution in [3.05, 3.63) is 65.2 Å². The molecule has 5 nitrogen and oxygen atoms in total. The van der Waals surface area contributed by atoms with Gasteiger partial charge in [0.2, 0.25) is 10.0 Å². The van der Waals surface area contributed by atoms with Gasteiger partial charge in [-0.25, -0.2) is 8.42 Å². The number of aryl methyl sites for hydroxylation is 1. The lowest BCUT2D eigenvalue weighted by molar-refractivity contribution is 0.0713. The first-order chi connectivity index (χ1) is 12.3. The lowest BCUT2D eigenvalue weighted by atomic mass is 9.89. The fourth-order valence-electron chi connectivity index (χ4n) is 3.39. The number of carbonyl (C=O) groups excluding carboxylic acids is 1. The van der Waals surface area contributed by atoms with Gasteiger partial charge in [0.1, 0.15) is 0 Å².